The summed E-state index contributed by atoms with van der Waals surface area (Å²) in [6, 6.07) is 11.3. The molecule has 0 aromatic heterocycles. The maximum absolute atomic E-state index is 2.44. The van der Waals surface area contributed by atoms with Crippen molar-refractivity contribution >= 4 is 6.08 Å². The number of rotatable bonds is 2. The quantitative estimate of drug-likeness (QED) is 0.643. The third-order valence-electron chi connectivity index (χ3n) is 4.69. The van der Waals surface area contributed by atoms with Gasteiger partial charge in [0.1, 0.15) is 0 Å². The van der Waals surface area contributed by atoms with Gasteiger partial charge >= 0.3 is 0 Å². The maximum atomic E-state index is 2.44. The lowest BCUT2D eigenvalue weighted by Gasteiger charge is -2.15. The fourth-order valence-corrected chi connectivity index (χ4v) is 3.37. The minimum Gasteiger partial charge on any atom is -0.0626 e. The van der Waals surface area contributed by atoms with Gasteiger partial charge in [-0.1, -0.05) is 61.4 Å². The SMILES string of the molecule is Cc1ccc(-c2c(C)cc(C)c3c2C=C(C(C)C)C3)cc1. The Hall–Kier alpha value is -1.82. The summed E-state index contributed by atoms with van der Waals surface area (Å²) in [6.07, 6.45) is 3.56. The van der Waals surface area contributed by atoms with Crippen LogP contribution in [0.25, 0.3) is 17.2 Å². The van der Waals surface area contributed by atoms with Gasteiger partial charge in [0.15, 0.2) is 0 Å². The molecule has 0 heterocycles. The van der Waals surface area contributed by atoms with E-state index < -0.39 is 0 Å². The Morgan fingerprint density at radius 3 is 2.19 bits per heavy atom. The molecule has 0 nitrogen and oxygen atoms in total. The second kappa shape index (κ2) is 5.18. The molecule has 0 saturated heterocycles. The molecule has 0 fully saturated rings. The van der Waals surface area contributed by atoms with Crippen LogP contribution in [0.2, 0.25) is 0 Å². The van der Waals surface area contributed by atoms with Gasteiger partial charge in [-0.05, 0) is 66.5 Å². The first kappa shape index (κ1) is 14.1. The van der Waals surface area contributed by atoms with Crippen LogP contribution >= 0.6 is 0 Å². The summed E-state index contributed by atoms with van der Waals surface area (Å²) < 4.78 is 0. The highest BCUT2D eigenvalue weighted by Crippen LogP contribution is 2.40. The highest BCUT2D eigenvalue weighted by molar-refractivity contribution is 5.84. The van der Waals surface area contributed by atoms with Crippen molar-refractivity contribution in [2.75, 3.05) is 0 Å². The normalized spacial score (nSPS) is 13.5. The molecule has 3 rings (SSSR count). The van der Waals surface area contributed by atoms with Crippen molar-refractivity contribution in [1.82, 2.24) is 0 Å². The van der Waals surface area contributed by atoms with Crippen molar-refractivity contribution in [1.29, 1.82) is 0 Å². The Balaban J connectivity index is 2.22. The van der Waals surface area contributed by atoms with Crippen LogP contribution in [0.15, 0.2) is 35.9 Å². The van der Waals surface area contributed by atoms with Gasteiger partial charge in [-0.3, -0.25) is 0 Å². The average Bonchev–Trinajstić information content (AvgIpc) is 2.86. The fourth-order valence-electron chi connectivity index (χ4n) is 3.37. The zero-order valence-corrected chi connectivity index (χ0v) is 13.7. The van der Waals surface area contributed by atoms with Gasteiger partial charge in [-0.25, -0.2) is 0 Å². The van der Waals surface area contributed by atoms with Crippen LogP contribution in [0.1, 0.15) is 41.7 Å². The molecule has 0 saturated carbocycles. The Labute approximate surface area is 128 Å². The molecular formula is C21H24. The predicted molar refractivity (Wildman–Crippen MR) is 92.6 cm³/mol. The van der Waals surface area contributed by atoms with Crippen molar-refractivity contribution in [3.63, 3.8) is 0 Å². The molecule has 0 aliphatic heterocycles. The van der Waals surface area contributed by atoms with E-state index in [-0.39, 0.29) is 0 Å². The first-order valence-electron chi connectivity index (χ1n) is 7.88. The molecule has 0 N–H and O–H groups in total. The van der Waals surface area contributed by atoms with Crippen molar-refractivity contribution in [3.05, 3.63) is 63.7 Å². The molecule has 0 bridgehead atoms. The maximum Gasteiger partial charge on any atom is -0.00524 e. The largest absolute Gasteiger partial charge is 0.0626 e. The van der Waals surface area contributed by atoms with Crippen LogP contribution < -0.4 is 0 Å². The van der Waals surface area contributed by atoms with Gasteiger partial charge in [0.05, 0.1) is 0 Å². The lowest BCUT2D eigenvalue weighted by molar-refractivity contribution is 0.754. The van der Waals surface area contributed by atoms with Crippen molar-refractivity contribution in [2.24, 2.45) is 5.92 Å². The molecule has 1 aliphatic carbocycles. The molecule has 2 aromatic rings. The zero-order chi connectivity index (χ0) is 15.1. The molecule has 0 atom stereocenters. The molecule has 0 radical (unpaired) electrons. The van der Waals surface area contributed by atoms with Gasteiger partial charge in [0.2, 0.25) is 0 Å². The van der Waals surface area contributed by atoms with E-state index in [4.69, 9.17) is 0 Å². The molecule has 21 heavy (non-hydrogen) atoms. The lowest BCUT2D eigenvalue weighted by Crippen LogP contribution is -1.97. The number of fused-ring (bicyclic) bond motifs is 1. The number of hydrogen-bond donors (Lipinski definition) is 0. The molecule has 1 aliphatic rings. The highest BCUT2D eigenvalue weighted by Gasteiger charge is 2.21. The summed E-state index contributed by atoms with van der Waals surface area (Å²) >= 11 is 0. The fraction of sp³-hybridized carbons (Fsp3) is 0.333. The highest BCUT2D eigenvalue weighted by atomic mass is 14.3. The second-order valence-corrected chi connectivity index (χ2v) is 6.69. The summed E-state index contributed by atoms with van der Waals surface area (Å²) in [5.74, 6) is 0.628. The Morgan fingerprint density at radius 1 is 0.905 bits per heavy atom. The number of allylic oxidation sites excluding steroid dienone is 1. The summed E-state index contributed by atoms with van der Waals surface area (Å²) in [5, 5.41) is 0. The van der Waals surface area contributed by atoms with Crippen LogP contribution in [-0.2, 0) is 6.42 Å². The van der Waals surface area contributed by atoms with Crippen LogP contribution in [0.5, 0.6) is 0 Å². The molecule has 0 unspecified atom stereocenters. The third-order valence-corrected chi connectivity index (χ3v) is 4.69. The van der Waals surface area contributed by atoms with Gasteiger partial charge < -0.3 is 0 Å². The molecule has 2 aromatic carbocycles. The van der Waals surface area contributed by atoms with E-state index >= 15 is 0 Å². The van der Waals surface area contributed by atoms with Crippen molar-refractivity contribution in [3.8, 4) is 11.1 Å². The van der Waals surface area contributed by atoms with Gasteiger partial charge in [0.25, 0.3) is 0 Å². The summed E-state index contributed by atoms with van der Waals surface area (Å²) in [5.41, 5.74) is 11.5. The summed E-state index contributed by atoms with van der Waals surface area (Å²) in [4.78, 5) is 0. The Morgan fingerprint density at radius 2 is 1.57 bits per heavy atom. The third kappa shape index (κ3) is 2.44. The topological polar surface area (TPSA) is 0 Å². The van der Waals surface area contributed by atoms with E-state index in [1.165, 1.54) is 38.9 Å². The Kier molecular flexibility index (Phi) is 3.49. The first-order chi connectivity index (χ1) is 9.97. The molecule has 108 valence electrons. The van der Waals surface area contributed by atoms with E-state index in [0.717, 1.165) is 6.42 Å². The Bertz CT molecular complexity index is 713. The molecule has 0 heteroatoms. The number of aryl methyl sites for hydroxylation is 3. The molecular weight excluding hydrogens is 252 g/mol. The van der Waals surface area contributed by atoms with Crippen molar-refractivity contribution < 1.29 is 0 Å². The second-order valence-electron chi connectivity index (χ2n) is 6.69. The number of benzene rings is 2. The zero-order valence-electron chi connectivity index (χ0n) is 13.7. The minimum atomic E-state index is 0.628. The molecule has 0 amide bonds. The lowest BCUT2D eigenvalue weighted by atomic mass is 9.89. The van der Waals surface area contributed by atoms with E-state index in [2.05, 4.69) is 71.0 Å². The van der Waals surface area contributed by atoms with Crippen LogP contribution in [0.4, 0.5) is 0 Å². The van der Waals surface area contributed by atoms with E-state index in [1.807, 2.05) is 0 Å². The minimum absolute atomic E-state index is 0.628. The van der Waals surface area contributed by atoms with E-state index in [9.17, 15) is 0 Å². The summed E-state index contributed by atoms with van der Waals surface area (Å²) in [7, 11) is 0. The van der Waals surface area contributed by atoms with Gasteiger partial charge in [-0.15, -0.1) is 0 Å². The van der Waals surface area contributed by atoms with Gasteiger partial charge in [0, 0.05) is 0 Å². The molecule has 0 spiro atoms. The standard InChI is InChI=1S/C21H24/c1-13(2)18-11-19-15(4)10-16(5)21(20(19)12-18)17-8-6-14(3)7-9-17/h6-10,12-13H,11H2,1-5H3. The van der Waals surface area contributed by atoms with E-state index in [0.29, 0.717) is 5.92 Å². The number of hydrogen-bond acceptors (Lipinski definition) is 0. The first-order valence-corrected chi connectivity index (χ1v) is 7.88. The van der Waals surface area contributed by atoms with E-state index in [1.54, 1.807) is 5.57 Å². The van der Waals surface area contributed by atoms with Crippen molar-refractivity contribution in [2.45, 2.75) is 41.0 Å². The van der Waals surface area contributed by atoms with Crippen LogP contribution in [-0.4, -0.2) is 0 Å². The summed E-state index contributed by atoms with van der Waals surface area (Å²) in [6.45, 7) is 11.2. The smallest absolute Gasteiger partial charge is 0.00524 e. The van der Waals surface area contributed by atoms with Crippen LogP contribution in [0.3, 0.4) is 0 Å². The predicted octanol–water partition coefficient (Wildman–Crippen LogP) is 5.87. The monoisotopic (exact) mass is 276 g/mol. The van der Waals surface area contributed by atoms with Gasteiger partial charge in [-0.2, -0.15) is 0 Å². The van der Waals surface area contributed by atoms with Crippen LogP contribution in [0, 0.1) is 26.7 Å². The average molecular weight is 276 g/mol.